The predicted molar refractivity (Wildman–Crippen MR) is 74.8 cm³/mol. The van der Waals surface area contributed by atoms with E-state index in [0.29, 0.717) is 0 Å². The van der Waals surface area contributed by atoms with Gasteiger partial charge in [-0.25, -0.2) is 0 Å². The van der Waals surface area contributed by atoms with E-state index in [1.165, 1.54) is 42.9 Å². The number of aromatic nitrogens is 2. The fourth-order valence-electron chi connectivity index (χ4n) is 2.70. The monoisotopic (exact) mass is 250 g/mol. The molecule has 0 radical (unpaired) electrons. The Bertz CT molecular complexity index is 377. The molecule has 0 aliphatic carbocycles. The van der Waals surface area contributed by atoms with Crippen molar-refractivity contribution in [3.8, 4) is 0 Å². The van der Waals surface area contributed by atoms with Crippen LogP contribution in [0.5, 0.6) is 0 Å². The average molecular weight is 250 g/mol. The van der Waals surface area contributed by atoms with Crippen molar-refractivity contribution in [1.29, 1.82) is 0 Å². The number of nitrogens with one attached hydrogen (secondary N) is 1. The fraction of sp³-hybridized carbons (Fsp3) is 0.786. The summed E-state index contributed by atoms with van der Waals surface area (Å²) < 4.78 is 2.18. The minimum absolute atomic E-state index is 0.942. The van der Waals surface area contributed by atoms with E-state index in [4.69, 9.17) is 0 Å². The highest BCUT2D eigenvalue weighted by atomic mass is 15.3. The Morgan fingerprint density at radius 2 is 1.89 bits per heavy atom. The number of nitrogens with zero attached hydrogens (tertiary/aromatic N) is 3. The molecule has 2 heterocycles. The van der Waals surface area contributed by atoms with E-state index in [1.807, 2.05) is 0 Å². The van der Waals surface area contributed by atoms with Crippen molar-refractivity contribution in [3.63, 3.8) is 0 Å². The lowest BCUT2D eigenvalue weighted by atomic mass is 10.2. The van der Waals surface area contributed by atoms with Crippen LogP contribution in [0, 0.1) is 13.8 Å². The topological polar surface area (TPSA) is 33.1 Å². The number of rotatable bonds is 6. The normalized spacial score (nSPS) is 16.6. The molecule has 4 nitrogen and oxygen atoms in total. The standard InChI is InChI=1S/C14H26N4/c1-4-15-11-14-12(2)16-18(13(14)3)10-9-17-7-5-6-8-17/h15H,4-11H2,1-3H3. The summed E-state index contributed by atoms with van der Waals surface area (Å²) >= 11 is 0. The quantitative estimate of drug-likeness (QED) is 0.834. The Labute approximate surface area is 110 Å². The second-order valence-electron chi connectivity index (χ2n) is 5.20. The van der Waals surface area contributed by atoms with Gasteiger partial charge in [0.05, 0.1) is 12.2 Å². The van der Waals surface area contributed by atoms with Crippen molar-refractivity contribution in [2.24, 2.45) is 0 Å². The maximum absolute atomic E-state index is 4.67. The van der Waals surface area contributed by atoms with Gasteiger partial charge in [0.15, 0.2) is 0 Å². The van der Waals surface area contributed by atoms with Crippen molar-refractivity contribution < 1.29 is 0 Å². The predicted octanol–water partition coefficient (Wildman–Crippen LogP) is 1.71. The van der Waals surface area contributed by atoms with Gasteiger partial charge in [-0.2, -0.15) is 5.10 Å². The van der Waals surface area contributed by atoms with Gasteiger partial charge in [0.25, 0.3) is 0 Å². The number of hydrogen-bond donors (Lipinski definition) is 1. The van der Waals surface area contributed by atoms with Gasteiger partial charge < -0.3 is 10.2 Å². The highest BCUT2D eigenvalue weighted by molar-refractivity contribution is 5.24. The molecule has 1 N–H and O–H groups in total. The van der Waals surface area contributed by atoms with E-state index in [0.717, 1.165) is 26.2 Å². The van der Waals surface area contributed by atoms with Crippen molar-refractivity contribution in [1.82, 2.24) is 20.0 Å². The lowest BCUT2D eigenvalue weighted by molar-refractivity contribution is 0.314. The Balaban J connectivity index is 1.95. The maximum atomic E-state index is 4.67. The largest absolute Gasteiger partial charge is 0.313 e. The van der Waals surface area contributed by atoms with E-state index in [9.17, 15) is 0 Å². The van der Waals surface area contributed by atoms with Crippen LogP contribution in [-0.4, -0.2) is 40.9 Å². The van der Waals surface area contributed by atoms with E-state index >= 15 is 0 Å². The summed E-state index contributed by atoms with van der Waals surface area (Å²) in [4.78, 5) is 2.54. The van der Waals surface area contributed by atoms with E-state index < -0.39 is 0 Å². The number of aryl methyl sites for hydroxylation is 1. The number of likely N-dealkylation sites (tertiary alicyclic amines) is 1. The van der Waals surface area contributed by atoms with Crippen LogP contribution >= 0.6 is 0 Å². The zero-order valence-electron chi connectivity index (χ0n) is 12.0. The molecule has 0 amide bonds. The Morgan fingerprint density at radius 3 is 2.56 bits per heavy atom. The first kappa shape index (κ1) is 13.6. The second-order valence-corrected chi connectivity index (χ2v) is 5.20. The highest BCUT2D eigenvalue weighted by Crippen LogP contribution is 2.13. The van der Waals surface area contributed by atoms with Crippen molar-refractivity contribution >= 4 is 0 Å². The van der Waals surface area contributed by atoms with E-state index in [2.05, 4.69) is 40.8 Å². The summed E-state index contributed by atoms with van der Waals surface area (Å²) in [5, 5.41) is 8.07. The van der Waals surface area contributed by atoms with Gasteiger partial charge in [0, 0.05) is 24.3 Å². The van der Waals surface area contributed by atoms with Crippen LogP contribution in [0.15, 0.2) is 0 Å². The molecule has 18 heavy (non-hydrogen) atoms. The van der Waals surface area contributed by atoms with Crippen molar-refractivity contribution in [3.05, 3.63) is 17.0 Å². The molecule has 1 saturated heterocycles. The molecule has 1 aliphatic rings. The molecule has 1 aromatic heterocycles. The van der Waals surface area contributed by atoms with Gasteiger partial charge in [0.2, 0.25) is 0 Å². The number of hydrogen-bond acceptors (Lipinski definition) is 3. The molecule has 2 rings (SSSR count). The van der Waals surface area contributed by atoms with E-state index in [-0.39, 0.29) is 0 Å². The van der Waals surface area contributed by atoms with Crippen LogP contribution in [0.1, 0.15) is 36.7 Å². The summed E-state index contributed by atoms with van der Waals surface area (Å²) in [5.41, 5.74) is 3.88. The smallest absolute Gasteiger partial charge is 0.0641 e. The Hall–Kier alpha value is -0.870. The molecule has 0 spiro atoms. The molecule has 1 aromatic rings. The molecule has 0 bridgehead atoms. The van der Waals surface area contributed by atoms with E-state index in [1.54, 1.807) is 0 Å². The molecule has 4 heteroatoms. The van der Waals surface area contributed by atoms with Crippen LogP contribution in [0.2, 0.25) is 0 Å². The Kier molecular flexibility index (Phi) is 4.78. The van der Waals surface area contributed by atoms with Crippen LogP contribution in [0.4, 0.5) is 0 Å². The Morgan fingerprint density at radius 1 is 1.17 bits per heavy atom. The van der Waals surface area contributed by atoms with Gasteiger partial charge in [0.1, 0.15) is 0 Å². The van der Waals surface area contributed by atoms with Crippen LogP contribution in [-0.2, 0) is 13.1 Å². The van der Waals surface area contributed by atoms with Gasteiger partial charge in [-0.3, -0.25) is 4.68 Å². The zero-order chi connectivity index (χ0) is 13.0. The SMILES string of the molecule is CCNCc1c(C)nn(CCN2CCCC2)c1C. The average Bonchev–Trinajstić information content (AvgIpc) is 2.95. The molecule has 0 atom stereocenters. The summed E-state index contributed by atoms with van der Waals surface area (Å²) in [6, 6.07) is 0. The molecule has 1 aliphatic heterocycles. The maximum Gasteiger partial charge on any atom is 0.0641 e. The summed E-state index contributed by atoms with van der Waals surface area (Å²) in [5.74, 6) is 0. The third kappa shape index (κ3) is 3.12. The molecular formula is C14H26N4. The van der Waals surface area contributed by atoms with Crippen LogP contribution in [0.3, 0.4) is 0 Å². The molecule has 0 aromatic carbocycles. The van der Waals surface area contributed by atoms with Crippen LogP contribution in [0.25, 0.3) is 0 Å². The first-order valence-electron chi connectivity index (χ1n) is 7.18. The van der Waals surface area contributed by atoms with Gasteiger partial charge in [-0.1, -0.05) is 6.92 Å². The molecule has 0 saturated carbocycles. The van der Waals surface area contributed by atoms with Gasteiger partial charge in [-0.15, -0.1) is 0 Å². The van der Waals surface area contributed by atoms with Crippen molar-refractivity contribution in [2.75, 3.05) is 26.2 Å². The van der Waals surface area contributed by atoms with Gasteiger partial charge in [-0.05, 0) is 46.3 Å². The lowest BCUT2D eigenvalue weighted by Crippen LogP contribution is -2.25. The third-order valence-corrected chi connectivity index (χ3v) is 3.91. The summed E-state index contributed by atoms with van der Waals surface area (Å²) in [6.07, 6.45) is 2.73. The minimum atomic E-state index is 0.942. The molecular weight excluding hydrogens is 224 g/mol. The second kappa shape index (κ2) is 6.34. The molecule has 102 valence electrons. The zero-order valence-corrected chi connectivity index (χ0v) is 12.0. The third-order valence-electron chi connectivity index (χ3n) is 3.91. The van der Waals surface area contributed by atoms with Crippen LogP contribution < -0.4 is 5.32 Å². The highest BCUT2D eigenvalue weighted by Gasteiger charge is 2.14. The first-order valence-corrected chi connectivity index (χ1v) is 7.18. The molecule has 1 fully saturated rings. The van der Waals surface area contributed by atoms with Crippen molar-refractivity contribution in [2.45, 2.75) is 46.7 Å². The lowest BCUT2D eigenvalue weighted by Gasteiger charge is -2.15. The first-order chi connectivity index (χ1) is 8.72. The minimum Gasteiger partial charge on any atom is -0.313 e. The summed E-state index contributed by atoms with van der Waals surface area (Å²) in [7, 11) is 0. The molecule has 0 unspecified atom stereocenters. The summed E-state index contributed by atoms with van der Waals surface area (Å²) in [6.45, 7) is 13.1. The fourth-order valence-corrected chi connectivity index (χ4v) is 2.70. The van der Waals surface area contributed by atoms with Gasteiger partial charge >= 0.3 is 0 Å².